The van der Waals surface area contributed by atoms with E-state index in [4.69, 9.17) is 31.5 Å². The quantitative estimate of drug-likeness (QED) is 0.319. The van der Waals surface area contributed by atoms with Gasteiger partial charge >= 0.3 is 6.18 Å². The summed E-state index contributed by atoms with van der Waals surface area (Å²) in [5.41, 5.74) is 0.436. The monoisotopic (exact) mass is 595 g/mol. The van der Waals surface area contributed by atoms with Gasteiger partial charge in [0, 0.05) is 16.7 Å². The van der Waals surface area contributed by atoms with Crippen molar-refractivity contribution >= 4 is 17.5 Å². The van der Waals surface area contributed by atoms with E-state index >= 15 is 0 Å². The van der Waals surface area contributed by atoms with Crippen LogP contribution in [-0.2, 0) is 11.1 Å². The topological polar surface area (TPSA) is 116 Å². The number of hydrogen-bond donors (Lipinski definition) is 3. The van der Waals surface area contributed by atoms with Crippen LogP contribution in [0, 0.1) is 5.82 Å². The minimum atomic E-state index is -4.91. The lowest BCUT2D eigenvalue weighted by Gasteiger charge is -2.28. The second-order valence-corrected chi connectivity index (χ2v) is 10.7. The smallest absolute Gasteiger partial charge is 0.414 e. The number of nitrogens with two attached hydrogens (primary N) is 1. The Balaban J connectivity index is 1.47. The molecule has 1 aliphatic heterocycles. The number of carbonyl (C=O) groups excluding carboxylic acids is 1. The molecule has 2 aromatic carbocycles. The molecule has 0 radical (unpaired) electrons. The Labute approximate surface area is 237 Å². The Morgan fingerprint density at radius 3 is 2.59 bits per heavy atom. The van der Waals surface area contributed by atoms with Gasteiger partial charge in [-0.15, -0.1) is 0 Å². The third-order valence-electron chi connectivity index (χ3n) is 6.99. The fraction of sp³-hybridized carbons (Fsp3) is 0.357. The van der Waals surface area contributed by atoms with Crippen molar-refractivity contribution < 1.29 is 41.7 Å². The van der Waals surface area contributed by atoms with Gasteiger partial charge in [-0.2, -0.15) is 13.2 Å². The van der Waals surface area contributed by atoms with Crippen LogP contribution in [0.15, 0.2) is 42.5 Å². The normalized spacial score (nSPS) is 19.6. The van der Waals surface area contributed by atoms with E-state index in [9.17, 15) is 27.5 Å². The van der Waals surface area contributed by atoms with Crippen molar-refractivity contribution in [2.24, 2.45) is 5.73 Å². The maximum Gasteiger partial charge on any atom is 0.414 e. The number of halogens is 5. The van der Waals surface area contributed by atoms with Gasteiger partial charge in [-0.05, 0) is 62.2 Å². The summed E-state index contributed by atoms with van der Waals surface area (Å²) >= 11 is 5.91. The van der Waals surface area contributed by atoms with E-state index in [1.54, 1.807) is 6.07 Å². The zero-order valence-corrected chi connectivity index (χ0v) is 22.7. The van der Waals surface area contributed by atoms with Gasteiger partial charge in [-0.1, -0.05) is 11.6 Å². The zero-order chi connectivity index (χ0) is 29.7. The number of ether oxygens (including phenoxy) is 3. The minimum absolute atomic E-state index is 0.115. The van der Waals surface area contributed by atoms with Gasteiger partial charge in [0.15, 0.2) is 22.8 Å². The molecule has 0 bridgehead atoms. The van der Waals surface area contributed by atoms with Crippen LogP contribution in [0.1, 0.15) is 41.4 Å². The first kappa shape index (κ1) is 28.9. The largest absolute Gasteiger partial charge is 0.493 e. The molecule has 2 unspecified atom stereocenters. The number of nitrogens with zero attached hydrogens (tertiary/aromatic N) is 1. The maximum absolute atomic E-state index is 14.1. The summed E-state index contributed by atoms with van der Waals surface area (Å²) < 4.78 is 72.5. The minimum Gasteiger partial charge on any atom is -0.493 e. The maximum atomic E-state index is 14.1. The molecule has 1 aliphatic carbocycles. The van der Waals surface area contributed by atoms with Crippen molar-refractivity contribution in [2.45, 2.75) is 43.2 Å². The lowest BCUT2D eigenvalue weighted by molar-refractivity contribution is -0.191. The summed E-state index contributed by atoms with van der Waals surface area (Å²) in [5, 5.41) is 13.6. The van der Waals surface area contributed by atoms with E-state index < -0.39 is 47.8 Å². The number of aliphatic hydroxyl groups is 1. The lowest BCUT2D eigenvalue weighted by Crippen LogP contribution is -2.52. The highest BCUT2D eigenvalue weighted by atomic mass is 35.5. The summed E-state index contributed by atoms with van der Waals surface area (Å²) in [4.78, 5) is 17.3. The van der Waals surface area contributed by atoms with Gasteiger partial charge in [0.25, 0.3) is 5.91 Å². The fourth-order valence-corrected chi connectivity index (χ4v) is 4.52. The number of carbonyl (C=O) groups is 1. The second kappa shape index (κ2) is 10.3. The molecule has 218 valence electrons. The summed E-state index contributed by atoms with van der Waals surface area (Å²) in [6.45, 7) is -0.0907. The van der Waals surface area contributed by atoms with Crippen molar-refractivity contribution in [1.29, 1.82) is 0 Å². The standard InChI is InChI=1S/C28H26ClF4N3O5/c1-26(38,12-35-25(37)15-4-8-20(21(10-15)39-2)41-16-5-6-16)22-11-17-24(40-13-27(17,34)28(31,32)33)23(36-22)14-3-7-19(30)18(29)9-14/h3-4,7-11,16,38H,5-6,12-13,34H2,1-2H3,(H,35,37). The highest BCUT2D eigenvalue weighted by Crippen LogP contribution is 2.49. The summed E-state index contributed by atoms with van der Waals surface area (Å²) in [6.07, 6.45) is -2.92. The molecule has 4 N–H and O–H groups in total. The molecule has 2 aliphatic rings. The molecule has 41 heavy (non-hydrogen) atoms. The van der Waals surface area contributed by atoms with Gasteiger partial charge in [-0.25, -0.2) is 9.37 Å². The van der Waals surface area contributed by atoms with Crippen LogP contribution >= 0.6 is 11.6 Å². The molecule has 1 fully saturated rings. The molecule has 2 heterocycles. The first-order valence-corrected chi connectivity index (χ1v) is 13.0. The number of rotatable bonds is 8. The van der Waals surface area contributed by atoms with Gasteiger partial charge in [-0.3, -0.25) is 4.79 Å². The molecular formula is C28H26ClF4N3O5. The van der Waals surface area contributed by atoms with Crippen LogP contribution in [-0.4, -0.2) is 48.5 Å². The summed E-state index contributed by atoms with van der Waals surface area (Å²) in [6, 6.07) is 9.08. The molecule has 0 spiro atoms. The first-order chi connectivity index (χ1) is 19.2. The highest BCUT2D eigenvalue weighted by molar-refractivity contribution is 6.31. The lowest BCUT2D eigenvalue weighted by atomic mass is 9.88. The van der Waals surface area contributed by atoms with Crippen molar-refractivity contribution in [1.82, 2.24) is 10.3 Å². The predicted octanol–water partition coefficient (Wildman–Crippen LogP) is 4.84. The van der Waals surface area contributed by atoms with Crippen molar-refractivity contribution in [3.8, 4) is 28.5 Å². The Morgan fingerprint density at radius 1 is 1.22 bits per heavy atom. The average Bonchev–Trinajstić information content (AvgIpc) is 3.68. The number of benzene rings is 2. The predicted molar refractivity (Wildman–Crippen MR) is 141 cm³/mol. The molecule has 1 aromatic heterocycles. The highest BCUT2D eigenvalue weighted by Gasteiger charge is 2.59. The van der Waals surface area contributed by atoms with E-state index in [0.29, 0.717) is 11.5 Å². The van der Waals surface area contributed by atoms with Gasteiger partial charge in [0.1, 0.15) is 23.7 Å². The fourth-order valence-electron chi connectivity index (χ4n) is 4.34. The van der Waals surface area contributed by atoms with E-state index in [0.717, 1.165) is 25.0 Å². The molecule has 13 heteroatoms. The summed E-state index contributed by atoms with van der Waals surface area (Å²) in [7, 11) is 1.44. The molecule has 5 rings (SSSR count). The van der Waals surface area contributed by atoms with Crippen molar-refractivity contribution in [3.05, 3.63) is 70.1 Å². The Morgan fingerprint density at radius 2 is 1.95 bits per heavy atom. The molecule has 0 saturated heterocycles. The number of hydrogen-bond acceptors (Lipinski definition) is 7. The van der Waals surface area contributed by atoms with Gasteiger partial charge < -0.3 is 30.4 Å². The van der Waals surface area contributed by atoms with Crippen LogP contribution in [0.4, 0.5) is 17.6 Å². The first-order valence-electron chi connectivity index (χ1n) is 12.6. The Kier molecular flexibility index (Phi) is 7.29. The van der Waals surface area contributed by atoms with E-state index in [-0.39, 0.29) is 39.4 Å². The van der Waals surface area contributed by atoms with E-state index in [2.05, 4.69) is 10.3 Å². The van der Waals surface area contributed by atoms with Gasteiger partial charge in [0.2, 0.25) is 0 Å². The van der Waals surface area contributed by atoms with Crippen LogP contribution < -0.4 is 25.3 Å². The molecule has 1 saturated carbocycles. The molecule has 1 amide bonds. The summed E-state index contributed by atoms with van der Waals surface area (Å²) in [5.74, 6) is -0.750. The van der Waals surface area contributed by atoms with Crippen LogP contribution in [0.5, 0.6) is 17.2 Å². The molecular weight excluding hydrogens is 570 g/mol. The average molecular weight is 596 g/mol. The third-order valence-corrected chi connectivity index (χ3v) is 7.28. The number of nitrogens with one attached hydrogen (secondary N) is 1. The third kappa shape index (κ3) is 5.51. The molecule has 3 aromatic rings. The Hall–Kier alpha value is -3.61. The number of pyridine rings is 1. The Bertz CT molecular complexity index is 1510. The number of aromatic nitrogens is 1. The number of amides is 1. The van der Waals surface area contributed by atoms with Crippen LogP contribution in [0.2, 0.25) is 5.02 Å². The van der Waals surface area contributed by atoms with Crippen molar-refractivity contribution in [2.75, 3.05) is 20.3 Å². The van der Waals surface area contributed by atoms with E-state index in [1.165, 1.54) is 38.3 Å². The van der Waals surface area contributed by atoms with Crippen LogP contribution in [0.3, 0.4) is 0 Å². The molecule has 8 nitrogen and oxygen atoms in total. The molecule has 2 atom stereocenters. The zero-order valence-electron chi connectivity index (χ0n) is 21.9. The van der Waals surface area contributed by atoms with Crippen LogP contribution in [0.25, 0.3) is 11.3 Å². The number of fused-ring (bicyclic) bond motifs is 1. The SMILES string of the molecule is COc1cc(C(=O)NCC(C)(O)c2cc3c(c(-c4ccc(F)c(Cl)c4)n2)OCC3(N)C(F)(F)F)ccc1OC1CC1. The number of methoxy groups -OCH3 is 1. The van der Waals surface area contributed by atoms with E-state index in [1.807, 2.05) is 0 Å². The van der Waals surface area contributed by atoms with Gasteiger partial charge in [0.05, 0.1) is 30.5 Å². The van der Waals surface area contributed by atoms with Crippen molar-refractivity contribution in [3.63, 3.8) is 0 Å². The second-order valence-electron chi connectivity index (χ2n) is 10.3. The number of alkyl halides is 3.